The van der Waals surface area contributed by atoms with Crippen molar-refractivity contribution in [2.75, 3.05) is 11.1 Å². The van der Waals surface area contributed by atoms with Crippen molar-refractivity contribution in [1.29, 1.82) is 0 Å². The Labute approximate surface area is 121 Å². The molecule has 1 heterocycles. The van der Waals surface area contributed by atoms with Crippen molar-refractivity contribution in [3.8, 4) is 0 Å². The summed E-state index contributed by atoms with van der Waals surface area (Å²) in [5.41, 5.74) is 7.19. The summed E-state index contributed by atoms with van der Waals surface area (Å²) in [4.78, 5) is 23.6. The molecule has 0 radical (unpaired) electrons. The largest absolute Gasteiger partial charge is 0.399 e. The number of aryl methyl sites for hydroxylation is 1. The van der Waals surface area contributed by atoms with Gasteiger partial charge in [-0.2, -0.15) is 0 Å². The SMILES string of the molecule is Cc1ccn(CC(=O)Nc2cc(N)ccc2Cl)c(=O)c1. The number of aromatic nitrogens is 1. The Balaban J connectivity index is 2.13. The highest BCUT2D eigenvalue weighted by Gasteiger charge is 2.08. The second kappa shape index (κ2) is 5.79. The van der Waals surface area contributed by atoms with Gasteiger partial charge in [0, 0.05) is 18.0 Å². The van der Waals surface area contributed by atoms with Crippen molar-refractivity contribution in [1.82, 2.24) is 4.57 Å². The number of pyridine rings is 1. The van der Waals surface area contributed by atoms with E-state index in [0.29, 0.717) is 16.4 Å². The summed E-state index contributed by atoms with van der Waals surface area (Å²) < 4.78 is 1.32. The van der Waals surface area contributed by atoms with Crippen LogP contribution in [0.15, 0.2) is 41.3 Å². The van der Waals surface area contributed by atoms with Gasteiger partial charge in [0.25, 0.3) is 5.56 Å². The molecule has 1 aromatic carbocycles. The lowest BCUT2D eigenvalue weighted by molar-refractivity contribution is -0.116. The van der Waals surface area contributed by atoms with Gasteiger partial charge in [0.2, 0.25) is 5.91 Å². The van der Waals surface area contributed by atoms with Crippen LogP contribution in [0, 0.1) is 6.92 Å². The number of anilines is 2. The van der Waals surface area contributed by atoms with E-state index in [1.54, 1.807) is 30.5 Å². The first-order valence-corrected chi connectivity index (χ1v) is 6.35. The van der Waals surface area contributed by atoms with Gasteiger partial charge in [-0.15, -0.1) is 0 Å². The van der Waals surface area contributed by atoms with Crippen molar-refractivity contribution in [3.63, 3.8) is 0 Å². The van der Waals surface area contributed by atoms with Crippen molar-refractivity contribution in [3.05, 3.63) is 57.5 Å². The average molecular weight is 292 g/mol. The van der Waals surface area contributed by atoms with Gasteiger partial charge in [-0.3, -0.25) is 9.59 Å². The number of halogens is 1. The number of carbonyl (C=O) groups is 1. The van der Waals surface area contributed by atoms with E-state index < -0.39 is 0 Å². The number of nitrogens with one attached hydrogen (secondary N) is 1. The number of hydrogen-bond acceptors (Lipinski definition) is 3. The molecule has 0 unspecified atom stereocenters. The number of amides is 1. The molecule has 104 valence electrons. The molecule has 2 aromatic rings. The molecule has 0 spiro atoms. The fourth-order valence-electron chi connectivity index (χ4n) is 1.72. The van der Waals surface area contributed by atoms with Crippen LogP contribution < -0.4 is 16.6 Å². The van der Waals surface area contributed by atoms with Crippen molar-refractivity contribution in [2.45, 2.75) is 13.5 Å². The Morgan fingerprint density at radius 3 is 2.80 bits per heavy atom. The number of nitrogens with two attached hydrogens (primary N) is 1. The summed E-state index contributed by atoms with van der Waals surface area (Å²) in [6.45, 7) is 1.74. The van der Waals surface area contributed by atoms with Gasteiger partial charge in [-0.25, -0.2) is 0 Å². The molecule has 0 fully saturated rings. The third-order valence-electron chi connectivity index (χ3n) is 2.73. The number of nitrogen functional groups attached to an aromatic ring is 1. The molecule has 5 nitrogen and oxygen atoms in total. The molecule has 2 rings (SSSR count). The van der Waals surface area contributed by atoms with Crippen LogP contribution in [-0.4, -0.2) is 10.5 Å². The van der Waals surface area contributed by atoms with Crippen LogP contribution in [0.3, 0.4) is 0 Å². The molecule has 1 aromatic heterocycles. The van der Waals surface area contributed by atoms with E-state index >= 15 is 0 Å². The average Bonchev–Trinajstić information content (AvgIpc) is 2.37. The van der Waals surface area contributed by atoms with E-state index in [9.17, 15) is 9.59 Å². The highest BCUT2D eigenvalue weighted by molar-refractivity contribution is 6.33. The molecule has 0 aliphatic rings. The van der Waals surface area contributed by atoms with Crippen LogP contribution in [0.25, 0.3) is 0 Å². The van der Waals surface area contributed by atoms with Crippen LogP contribution in [-0.2, 0) is 11.3 Å². The number of hydrogen-bond donors (Lipinski definition) is 2. The quantitative estimate of drug-likeness (QED) is 0.850. The van der Waals surface area contributed by atoms with E-state index in [1.807, 2.05) is 6.92 Å². The Kier molecular flexibility index (Phi) is 4.10. The van der Waals surface area contributed by atoms with Crippen molar-refractivity contribution < 1.29 is 4.79 Å². The molecule has 0 saturated heterocycles. The lowest BCUT2D eigenvalue weighted by Gasteiger charge is -2.09. The molecule has 20 heavy (non-hydrogen) atoms. The molecule has 0 saturated carbocycles. The summed E-state index contributed by atoms with van der Waals surface area (Å²) in [6.07, 6.45) is 1.58. The second-order valence-electron chi connectivity index (χ2n) is 4.46. The van der Waals surface area contributed by atoms with Gasteiger partial charge in [0.05, 0.1) is 10.7 Å². The predicted octanol–water partition coefficient (Wildman–Crippen LogP) is 2.03. The Morgan fingerprint density at radius 2 is 2.10 bits per heavy atom. The van der Waals surface area contributed by atoms with Crippen LogP contribution in [0.4, 0.5) is 11.4 Å². The third-order valence-corrected chi connectivity index (χ3v) is 3.06. The molecular weight excluding hydrogens is 278 g/mol. The second-order valence-corrected chi connectivity index (χ2v) is 4.86. The molecule has 0 aliphatic carbocycles. The Morgan fingerprint density at radius 1 is 1.35 bits per heavy atom. The zero-order valence-electron chi connectivity index (χ0n) is 10.9. The first-order chi connectivity index (χ1) is 9.45. The van der Waals surface area contributed by atoms with Crippen molar-refractivity contribution in [2.24, 2.45) is 0 Å². The van der Waals surface area contributed by atoms with E-state index in [2.05, 4.69) is 5.32 Å². The van der Waals surface area contributed by atoms with Crippen LogP contribution in [0.2, 0.25) is 5.02 Å². The summed E-state index contributed by atoms with van der Waals surface area (Å²) in [7, 11) is 0. The van der Waals surface area contributed by atoms with Crippen LogP contribution in [0.5, 0.6) is 0 Å². The zero-order valence-corrected chi connectivity index (χ0v) is 11.6. The maximum Gasteiger partial charge on any atom is 0.251 e. The fraction of sp³-hybridized carbons (Fsp3) is 0.143. The van der Waals surface area contributed by atoms with Gasteiger partial charge < -0.3 is 15.6 Å². The first kappa shape index (κ1) is 14.1. The molecule has 6 heteroatoms. The number of carbonyl (C=O) groups excluding carboxylic acids is 1. The number of rotatable bonds is 3. The minimum Gasteiger partial charge on any atom is -0.399 e. The maximum atomic E-state index is 11.9. The lowest BCUT2D eigenvalue weighted by atomic mass is 10.2. The monoisotopic (exact) mass is 291 g/mol. The third kappa shape index (κ3) is 3.39. The summed E-state index contributed by atoms with van der Waals surface area (Å²) >= 11 is 5.96. The molecule has 0 bridgehead atoms. The van der Waals surface area contributed by atoms with Gasteiger partial charge in [0.1, 0.15) is 6.54 Å². The van der Waals surface area contributed by atoms with Gasteiger partial charge in [-0.05, 0) is 36.8 Å². The van der Waals surface area contributed by atoms with Crippen molar-refractivity contribution >= 4 is 28.9 Å². The predicted molar refractivity (Wildman–Crippen MR) is 79.9 cm³/mol. The topological polar surface area (TPSA) is 77.1 Å². The van der Waals surface area contributed by atoms with Gasteiger partial charge >= 0.3 is 0 Å². The normalized spacial score (nSPS) is 10.3. The van der Waals surface area contributed by atoms with Crippen LogP contribution in [0.1, 0.15) is 5.56 Å². The van der Waals surface area contributed by atoms with E-state index in [4.69, 9.17) is 17.3 Å². The minimum atomic E-state index is -0.344. The van der Waals surface area contributed by atoms with E-state index in [1.165, 1.54) is 10.6 Å². The highest BCUT2D eigenvalue weighted by Crippen LogP contribution is 2.23. The fourth-order valence-corrected chi connectivity index (χ4v) is 1.89. The molecule has 0 aliphatic heterocycles. The standard InChI is InChI=1S/C14H14ClN3O2/c1-9-4-5-18(14(20)6-9)8-13(19)17-12-7-10(16)2-3-11(12)15/h2-7H,8,16H2,1H3,(H,17,19). The van der Waals surface area contributed by atoms with Gasteiger partial charge in [-0.1, -0.05) is 11.6 Å². The molecular formula is C14H14ClN3O2. The molecule has 0 atom stereocenters. The number of nitrogens with zero attached hydrogens (tertiary/aromatic N) is 1. The van der Waals surface area contributed by atoms with Crippen LogP contribution >= 0.6 is 11.6 Å². The Bertz CT molecular complexity index is 710. The molecule has 3 N–H and O–H groups in total. The first-order valence-electron chi connectivity index (χ1n) is 5.97. The minimum absolute atomic E-state index is 0.0791. The van der Waals surface area contributed by atoms with E-state index in [0.717, 1.165) is 5.56 Å². The lowest BCUT2D eigenvalue weighted by Crippen LogP contribution is -2.27. The smallest absolute Gasteiger partial charge is 0.251 e. The summed E-state index contributed by atoms with van der Waals surface area (Å²) in [5, 5.41) is 3.02. The molecule has 1 amide bonds. The summed E-state index contributed by atoms with van der Waals surface area (Å²) in [5.74, 6) is -0.344. The van der Waals surface area contributed by atoms with E-state index in [-0.39, 0.29) is 18.0 Å². The maximum absolute atomic E-state index is 11.9. The van der Waals surface area contributed by atoms with Gasteiger partial charge in [0.15, 0.2) is 0 Å². The highest BCUT2D eigenvalue weighted by atomic mass is 35.5. The number of benzene rings is 1. The zero-order chi connectivity index (χ0) is 14.7. The Hall–Kier alpha value is -2.27. The summed E-state index contributed by atoms with van der Waals surface area (Å²) in [6, 6.07) is 8.05.